The Hall–Kier alpha value is -3.21. The number of hydrogen-bond donors (Lipinski definition) is 2. The van der Waals surface area contributed by atoms with E-state index in [4.69, 9.17) is 9.26 Å². The van der Waals surface area contributed by atoms with Gasteiger partial charge in [0.25, 0.3) is 0 Å². The maximum absolute atomic E-state index is 12.6. The van der Waals surface area contributed by atoms with Crippen LogP contribution in [-0.2, 0) is 10.0 Å². The molecule has 2 heterocycles. The third kappa shape index (κ3) is 6.47. The molecule has 0 atom stereocenters. The van der Waals surface area contributed by atoms with Gasteiger partial charge in [-0.3, -0.25) is 0 Å². The average molecular weight is 513 g/mol. The van der Waals surface area contributed by atoms with Gasteiger partial charge in [0.2, 0.25) is 10.0 Å². The van der Waals surface area contributed by atoms with E-state index >= 15 is 0 Å². The van der Waals surface area contributed by atoms with Crippen LogP contribution in [-0.4, -0.2) is 38.8 Å². The quantitative estimate of drug-likeness (QED) is 0.247. The van der Waals surface area contributed by atoms with Crippen molar-refractivity contribution >= 4 is 26.5 Å². The molecule has 0 saturated carbocycles. The number of benzene rings is 2. The highest BCUT2D eigenvalue weighted by molar-refractivity contribution is 7.89. The molecular formula is C25H28N4O4S2. The monoisotopic (exact) mass is 512 g/mol. The summed E-state index contributed by atoms with van der Waals surface area (Å²) in [5.41, 5.74) is 3.30. The van der Waals surface area contributed by atoms with Crippen molar-refractivity contribution in [1.82, 2.24) is 14.9 Å². The Morgan fingerprint density at radius 2 is 1.80 bits per heavy atom. The van der Waals surface area contributed by atoms with E-state index in [1.54, 1.807) is 12.1 Å². The molecule has 0 aliphatic heterocycles. The Morgan fingerprint density at radius 3 is 2.60 bits per heavy atom. The van der Waals surface area contributed by atoms with Gasteiger partial charge >= 0.3 is 0 Å². The molecule has 10 heteroatoms. The van der Waals surface area contributed by atoms with E-state index in [1.807, 2.05) is 54.8 Å². The first kappa shape index (κ1) is 24.9. The number of hydrogen-bond acceptors (Lipinski definition) is 8. The van der Waals surface area contributed by atoms with Gasteiger partial charge in [-0.15, -0.1) is 11.3 Å². The number of unbranched alkanes of at least 4 members (excludes halogenated alkanes) is 2. The van der Waals surface area contributed by atoms with Crippen molar-refractivity contribution in [3.63, 3.8) is 0 Å². The summed E-state index contributed by atoms with van der Waals surface area (Å²) < 4.78 is 38.6. The van der Waals surface area contributed by atoms with Gasteiger partial charge in [0.1, 0.15) is 22.0 Å². The molecule has 0 amide bonds. The Morgan fingerprint density at radius 1 is 1.00 bits per heavy atom. The normalized spacial score (nSPS) is 11.5. The molecule has 0 spiro atoms. The van der Waals surface area contributed by atoms with Crippen molar-refractivity contribution in [2.24, 2.45) is 0 Å². The number of ether oxygens (including phenoxy) is 1. The smallest absolute Gasteiger partial charge is 0.244 e. The Kier molecular flexibility index (Phi) is 8.17. The Labute approximate surface area is 209 Å². The molecule has 35 heavy (non-hydrogen) atoms. The van der Waals surface area contributed by atoms with Crippen LogP contribution in [0.1, 0.15) is 24.8 Å². The predicted octanol–water partition coefficient (Wildman–Crippen LogP) is 5.34. The van der Waals surface area contributed by atoms with Crippen LogP contribution < -0.4 is 14.8 Å². The molecule has 4 rings (SSSR count). The molecule has 2 aromatic heterocycles. The molecule has 0 aliphatic carbocycles. The third-order valence-corrected chi connectivity index (χ3v) is 7.65. The van der Waals surface area contributed by atoms with Crippen molar-refractivity contribution in [2.45, 2.75) is 31.1 Å². The first-order valence-electron chi connectivity index (χ1n) is 11.3. The summed E-state index contributed by atoms with van der Waals surface area (Å²) in [6, 6.07) is 16.8. The maximum atomic E-state index is 12.6. The molecule has 184 valence electrons. The molecule has 2 aromatic carbocycles. The lowest BCUT2D eigenvalue weighted by Gasteiger charge is -2.11. The SMILES string of the molecule is COc1ccc(C)cc1S(=O)(=O)NCCCCCNc1nc(-c2cc(-c3ccccc3)on2)cs1. The van der Waals surface area contributed by atoms with Crippen LogP contribution in [0.5, 0.6) is 5.75 Å². The van der Waals surface area contributed by atoms with E-state index in [0.29, 0.717) is 23.7 Å². The van der Waals surface area contributed by atoms with Crippen LogP contribution in [0.25, 0.3) is 22.7 Å². The highest BCUT2D eigenvalue weighted by Crippen LogP contribution is 2.28. The first-order valence-corrected chi connectivity index (χ1v) is 13.7. The molecule has 8 nitrogen and oxygen atoms in total. The number of aryl methyl sites for hydroxylation is 1. The summed E-state index contributed by atoms with van der Waals surface area (Å²) in [7, 11) is -2.15. The van der Waals surface area contributed by atoms with Gasteiger partial charge in [0, 0.05) is 30.1 Å². The zero-order chi connectivity index (χ0) is 24.7. The summed E-state index contributed by atoms with van der Waals surface area (Å²) in [5, 5.41) is 10.2. The first-order chi connectivity index (χ1) is 17.0. The van der Waals surface area contributed by atoms with E-state index < -0.39 is 10.0 Å². The third-order valence-electron chi connectivity index (χ3n) is 5.37. The number of sulfonamides is 1. The van der Waals surface area contributed by atoms with E-state index in [-0.39, 0.29) is 4.90 Å². The Bertz CT molecular complexity index is 1350. The average Bonchev–Trinajstić information content (AvgIpc) is 3.54. The predicted molar refractivity (Wildman–Crippen MR) is 138 cm³/mol. The minimum atomic E-state index is -3.61. The number of methoxy groups -OCH3 is 1. The lowest BCUT2D eigenvalue weighted by Crippen LogP contribution is -2.25. The summed E-state index contributed by atoms with van der Waals surface area (Å²) >= 11 is 1.52. The molecule has 4 aromatic rings. The van der Waals surface area contributed by atoms with Crippen LogP contribution in [0.2, 0.25) is 0 Å². The second kappa shape index (κ2) is 11.5. The van der Waals surface area contributed by atoms with E-state index in [0.717, 1.165) is 47.8 Å². The summed E-state index contributed by atoms with van der Waals surface area (Å²) in [6.45, 7) is 2.97. The van der Waals surface area contributed by atoms with Crippen LogP contribution >= 0.6 is 11.3 Å². The number of rotatable bonds is 12. The number of aromatic nitrogens is 2. The highest BCUT2D eigenvalue weighted by Gasteiger charge is 2.19. The number of anilines is 1. The van der Waals surface area contributed by atoms with Crippen LogP contribution in [0.15, 0.2) is 69.4 Å². The van der Waals surface area contributed by atoms with Gasteiger partial charge in [-0.25, -0.2) is 18.1 Å². The standard InChI is InChI=1S/C25H28N4O4S2/c1-18-11-12-22(32-2)24(15-18)35(30,31)27-14-8-4-7-13-26-25-28-21(17-34-25)20-16-23(33-29-20)19-9-5-3-6-10-19/h3,5-6,9-12,15-17,27H,4,7-8,13-14H2,1-2H3,(H,26,28). The van der Waals surface area contributed by atoms with Gasteiger partial charge in [-0.2, -0.15) is 0 Å². The second-order valence-electron chi connectivity index (χ2n) is 8.02. The second-order valence-corrected chi connectivity index (χ2v) is 10.6. The van der Waals surface area contributed by atoms with Crippen LogP contribution in [0.4, 0.5) is 5.13 Å². The fourth-order valence-electron chi connectivity index (χ4n) is 3.51. The van der Waals surface area contributed by atoms with E-state index in [1.165, 1.54) is 18.4 Å². The van der Waals surface area contributed by atoms with E-state index in [9.17, 15) is 8.42 Å². The van der Waals surface area contributed by atoms with Gasteiger partial charge in [0.05, 0.1) is 7.11 Å². The lowest BCUT2D eigenvalue weighted by molar-refractivity contribution is 0.402. The summed E-state index contributed by atoms with van der Waals surface area (Å²) in [5.74, 6) is 1.05. The van der Waals surface area contributed by atoms with Gasteiger partial charge in [-0.1, -0.05) is 48.0 Å². The molecular weight excluding hydrogens is 484 g/mol. The van der Waals surface area contributed by atoms with Crippen LogP contribution in [0.3, 0.4) is 0 Å². The lowest BCUT2D eigenvalue weighted by atomic mass is 10.1. The number of nitrogens with one attached hydrogen (secondary N) is 2. The molecule has 0 unspecified atom stereocenters. The molecule has 0 radical (unpaired) electrons. The maximum Gasteiger partial charge on any atom is 0.244 e. The number of nitrogens with zero attached hydrogens (tertiary/aromatic N) is 2. The summed E-state index contributed by atoms with van der Waals surface area (Å²) in [6.07, 6.45) is 2.51. The topological polar surface area (TPSA) is 106 Å². The van der Waals surface area contributed by atoms with Crippen molar-refractivity contribution in [3.8, 4) is 28.5 Å². The molecule has 2 N–H and O–H groups in total. The van der Waals surface area contributed by atoms with E-state index in [2.05, 4.69) is 20.2 Å². The minimum Gasteiger partial charge on any atom is -0.495 e. The fourth-order valence-corrected chi connectivity index (χ4v) is 5.57. The molecule has 0 aliphatic rings. The molecule has 0 bridgehead atoms. The number of thiazole rings is 1. The summed E-state index contributed by atoms with van der Waals surface area (Å²) in [4.78, 5) is 4.76. The zero-order valence-electron chi connectivity index (χ0n) is 19.7. The van der Waals surface area contributed by atoms with Crippen molar-refractivity contribution in [2.75, 3.05) is 25.5 Å². The van der Waals surface area contributed by atoms with Gasteiger partial charge < -0.3 is 14.6 Å². The van der Waals surface area contributed by atoms with Crippen molar-refractivity contribution < 1.29 is 17.7 Å². The van der Waals surface area contributed by atoms with Crippen molar-refractivity contribution in [1.29, 1.82) is 0 Å². The van der Waals surface area contributed by atoms with Crippen LogP contribution in [0, 0.1) is 6.92 Å². The zero-order valence-corrected chi connectivity index (χ0v) is 21.3. The van der Waals surface area contributed by atoms with Gasteiger partial charge in [-0.05, 0) is 37.5 Å². The van der Waals surface area contributed by atoms with Crippen molar-refractivity contribution in [3.05, 3.63) is 65.5 Å². The van der Waals surface area contributed by atoms with Gasteiger partial charge in [0.15, 0.2) is 10.9 Å². The Balaban J connectivity index is 1.19. The fraction of sp³-hybridized carbons (Fsp3) is 0.280. The molecule has 0 saturated heterocycles. The molecule has 0 fully saturated rings. The minimum absolute atomic E-state index is 0.171. The largest absolute Gasteiger partial charge is 0.495 e. The highest BCUT2D eigenvalue weighted by atomic mass is 32.2.